The smallest absolute Gasteiger partial charge is 0.189 e. The molecule has 4 heteroatoms. The van der Waals surface area contributed by atoms with Crippen LogP contribution < -0.4 is 14.2 Å². The van der Waals surface area contributed by atoms with Crippen molar-refractivity contribution in [3.05, 3.63) is 59.7 Å². The predicted molar refractivity (Wildman–Crippen MR) is 85.9 cm³/mol. The zero-order valence-electron chi connectivity index (χ0n) is 12.8. The van der Waals surface area contributed by atoms with Crippen LogP contribution in [-0.4, -0.2) is 27.1 Å². The van der Waals surface area contributed by atoms with Gasteiger partial charge in [-0.25, -0.2) is 0 Å². The van der Waals surface area contributed by atoms with E-state index in [1.54, 1.807) is 57.7 Å². The second-order valence-corrected chi connectivity index (χ2v) is 4.51. The first-order valence-electron chi connectivity index (χ1n) is 6.77. The Hall–Kier alpha value is -2.75. The van der Waals surface area contributed by atoms with Gasteiger partial charge in [-0.15, -0.1) is 0 Å². The van der Waals surface area contributed by atoms with Gasteiger partial charge in [0.15, 0.2) is 5.78 Å². The molecule has 0 aliphatic rings. The van der Waals surface area contributed by atoms with Crippen LogP contribution in [-0.2, 0) is 0 Å². The molecule has 0 fully saturated rings. The van der Waals surface area contributed by atoms with Crippen LogP contribution in [0.3, 0.4) is 0 Å². The van der Waals surface area contributed by atoms with Crippen LogP contribution in [0.15, 0.2) is 48.5 Å². The highest BCUT2D eigenvalue weighted by molar-refractivity contribution is 6.08. The van der Waals surface area contributed by atoms with Crippen LogP contribution in [0.1, 0.15) is 15.9 Å². The van der Waals surface area contributed by atoms with Crippen molar-refractivity contribution in [3.8, 4) is 17.2 Å². The van der Waals surface area contributed by atoms with Gasteiger partial charge in [0, 0.05) is 5.56 Å². The van der Waals surface area contributed by atoms with Crippen molar-refractivity contribution >= 4 is 11.9 Å². The average Bonchev–Trinajstić information content (AvgIpc) is 2.59. The summed E-state index contributed by atoms with van der Waals surface area (Å²) < 4.78 is 15.7. The molecule has 2 rings (SSSR count). The lowest BCUT2D eigenvalue weighted by Gasteiger charge is -2.07. The largest absolute Gasteiger partial charge is 0.497 e. The van der Waals surface area contributed by atoms with Gasteiger partial charge in [-0.2, -0.15) is 0 Å². The number of methoxy groups -OCH3 is 3. The van der Waals surface area contributed by atoms with E-state index in [0.717, 1.165) is 5.56 Å². The molecule has 0 N–H and O–H groups in total. The van der Waals surface area contributed by atoms with Crippen molar-refractivity contribution in [2.24, 2.45) is 0 Å². The molecule has 0 unspecified atom stereocenters. The van der Waals surface area contributed by atoms with Crippen LogP contribution in [0, 0.1) is 0 Å². The molecule has 4 nitrogen and oxygen atoms in total. The number of ether oxygens (including phenoxy) is 3. The average molecular weight is 298 g/mol. The monoisotopic (exact) mass is 298 g/mol. The first-order valence-corrected chi connectivity index (χ1v) is 6.77. The fraction of sp³-hybridized carbons (Fsp3) is 0.167. The van der Waals surface area contributed by atoms with E-state index in [-0.39, 0.29) is 5.78 Å². The molecule has 0 aromatic heterocycles. The van der Waals surface area contributed by atoms with Crippen LogP contribution in [0.5, 0.6) is 17.2 Å². The Balaban J connectivity index is 2.29. The van der Waals surface area contributed by atoms with Gasteiger partial charge < -0.3 is 14.2 Å². The fourth-order valence-electron chi connectivity index (χ4n) is 2.07. The Morgan fingerprint density at radius 2 is 1.64 bits per heavy atom. The van der Waals surface area contributed by atoms with Crippen molar-refractivity contribution < 1.29 is 19.0 Å². The maximum atomic E-state index is 12.3. The summed E-state index contributed by atoms with van der Waals surface area (Å²) in [6.45, 7) is 0. The second-order valence-electron chi connectivity index (χ2n) is 4.51. The topological polar surface area (TPSA) is 44.8 Å². The maximum absolute atomic E-state index is 12.3. The summed E-state index contributed by atoms with van der Waals surface area (Å²) >= 11 is 0. The van der Waals surface area contributed by atoms with Gasteiger partial charge in [-0.1, -0.05) is 12.1 Å². The van der Waals surface area contributed by atoms with Gasteiger partial charge >= 0.3 is 0 Å². The number of rotatable bonds is 6. The number of carbonyl (C=O) groups excluding carboxylic acids is 1. The molecule has 0 heterocycles. The first-order chi connectivity index (χ1) is 10.7. The molecule has 0 atom stereocenters. The zero-order chi connectivity index (χ0) is 15.9. The standard InChI is InChI=1S/C18H18O4/c1-20-14-9-11-17(21-2)13(12-14)8-10-16(19)15-6-4-5-7-18(15)22-3/h4-12H,1-3H3. The molecule has 2 aromatic rings. The van der Waals surface area contributed by atoms with E-state index in [0.29, 0.717) is 22.8 Å². The second kappa shape index (κ2) is 7.31. The van der Waals surface area contributed by atoms with E-state index >= 15 is 0 Å². The summed E-state index contributed by atoms with van der Waals surface area (Å²) in [5.74, 6) is 1.78. The van der Waals surface area contributed by atoms with Crippen LogP contribution in [0.4, 0.5) is 0 Å². The molecule has 0 bridgehead atoms. The minimum absolute atomic E-state index is 0.137. The predicted octanol–water partition coefficient (Wildman–Crippen LogP) is 3.61. The molecule has 0 aliphatic heterocycles. The summed E-state index contributed by atoms with van der Waals surface area (Å²) in [7, 11) is 4.72. The molecular formula is C18H18O4. The number of hydrogen-bond acceptors (Lipinski definition) is 4. The van der Waals surface area contributed by atoms with Crippen molar-refractivity contribution in [1.82, 2.24) is 0 Å². The minimum Gasteiger partial charge on any atom is -0.497 e. The summed E-state index contributed by atoms with van der Waals surface area (Å²) in [5.41, 5.74) is 1.29. The van der Waals surface area contributed by atoms with E-state index < -0.39 is 0 Å². The summed E-state index contributed by atoms with van der Waals surface area (Å²) in [6.07, 6.45) is 3.20. The van der Waals surface area contributed by atoms with Gasteiger partial charge in [0.1, 0.15) is 17.2 Å². The molecule has 0 radical (unpaired) electrons. The van der Waals surface area contributed by atoms with Gasteiger partial charge in [0.25, 0.3) is 0 Å². The van der Waals surface area contributed by atoms with Gasteiger partial charge in [-0.3, -0.25) is 4.79 Å². The van der Waals surface area contributed by atoms with Gasteiger partial charge in [0.2, 0.25) is 0 Å². The molecule has 0 saturated carbocycles. The Bertz CT molecular complexity index is 689. The molecule has 0 amide bonds. The lowest BCUT2D eigenvalue weighted by atomic mass is 10.1. The van der Waals surface area contributed by atoms with E-state index in [9.17, 15) is 4.79 Å². The van der Waals surface area contributed by atoms with Crippen molar-refractivity contribution in [2.45, 2.75) is 0 Å². The normalized spacial score (nSPS) is 10.5. The minimum atomic E-state index is -0.137. The number of ketones is 1. The highest BCUT2D eigenvalue weighted by Crippen LogP contribution is 2.26. The Morgan fingerprint density at radius 3 is 2.32 bits per heavy atom. The van der Waals surface area contributed by atoms with E-state index in [2.05, 4.69) is 0 Å². The third-order valence-corrected chi connectivity index (χ3v) is 3.22. The molecule has 0 aliphatic carbocycles. The zero-order valence-corrected chi connectivity index (χ0v) is 12.8. The lowest BCUT2D eigenvalue weighted by molar-refractivity contribution is 0.104. The number of carbonyl (C=O) groups is 1. The summed E-state index contributed by atoms with van der Waals surface area (Å²) in [5, 5.41) is 0. The lowest BCUT2D eigenvalue weighted by Crippen LogP contribution is -1.98. The first kappa shape index (κ1) is 15.6. The van der Waals surface area contributed by atoms with Crippen molar-refractivity contribution in [2.75, 3.05) is 21.3 Å². The Morgan fingerprint density at radius 1 is 0.909 bits per heavy atom. The van der Waals surface area contributed by atoms with E-state index in [1.165, 1.54) is 6.08 Å². The van der Waals surface area contributed by atoms with Crippen LogP contribution in [0.25, 0.3) is 6.08 Å². The Kier molecular flexibility index (Phi) is 5.20. The summed E-state index contributed by atoms with van der Waals surface area (Å²) in [6, 6.07) is 12.5. The van der Waals surface area contributed by atoms with Gasteiger partial charge in [-0.05, 0) is 42.5 Å². The number of benzene rings is 2. The van der Waals surface area contributed by atoms with Crippen molar-refractivity contribution in [3.63, 3.8) is 0 Å². The quantitative estimate of drug-likeness (QED) is 0.603. The molecular weight excluding hydrogens is 280 g/mol. The Labute approximate surface area is 129 Å². The molecule has 0 spiro atoms. The third-order valence-electron chi connectivity index (χ3n) is 3.22. The molecule has 114 valence electrons. The van der Waals surface area contributed by atoms with Crippen LogP contribution >= 0.6 is 0 Å². The van der Waals surface area contributed by atoms with Gasteiger partial charge in [0.05, 0.1) is 26.9 Å². The SMILES string of the molecule is COc1ccc(OC)c(C=CC(=O)c2ccccc2OC)c1. The highest BCUT2D eigenvalue weighted by atomic mass is 16.5. The van der Waals surface area contributed by atoms with E-state index in [1.807, 2.05) is 12.1 Å². The molecule has 0 saturated heterocycles. The van der Waals surface area contributed by atoms with Crippen LogP contribution in [0.2, 0.25) is 0 Å². The maximum Gasteiger partial charge on any atom is 0.189 e. The molecule has 22 heavy (non-hydrogen) atoms. The highest BCUT2D eigenvalue weighted by Gasteiger charge is 2.09. The number of para-hydroxylation sites is 1. The fourth-order valence-corrected chi connectivity index (χ4v) is 2.07. The number of hydrogen-bond donors (Lipinski definition) is 0. The third kappa shape index (κ3) is 3.47. The van der Waals surface area contributed by atoms with Crippen molar-refractivity contribution in [1.29, 1.82) is 0 Å². The molecule has 2 aromatic carbocycles. The number of allylic oxidation sites excluding steroid dienone is 1. The summed E-state index contributed by atoms with van der Waals surface area (Å²) in [4.78, 5) is 12.3. The van der Waals surface area contributed by atoms with E-state index in [4.69, 9.17) is 14.2 Å².